The van der Waals surface area contributed by atoms with Gasteiger partial charge in [-0.15, -0.1) is 0 Å². The average molecular weight is 565 g/mol. The van der Waals surface area contributed by atoms with Gasteiger partial charge < -0.3 is 10.1 Å². The highest BCUT2D eigenvalue weighted by molar-refractivity contribution is 7.51. The smallest absolute Gasteiger partial charge is 0.391 e. The fourth-order valence-electron chi connectivity index (χ4n) is 4.29. The summed E-state index contributed by atoms with van der Waals surface area (Å²) >= 11 is 5.86. The number of hydrogen-bond acceptors (Lipinski definition) is 6. The quantitative estimate of drug-likeness (QED) is 0.469. The summed E-state index contributed by atoms with van der Waals surface area (Å²) in [5.74, 6) is -0.389. The predicted octanol–water partition coefficient (Wildman–Crippen LogP) is 5.25. The van der Waals surface area contributed by atoms with Gasteiger partial charge in [0.1, 0.15) is 5.75 Å². The predicted molar refractivity (Wildman–Crippen MR) is 134 cm³/mol. The zero-order valence-electron chi connectivity index (χ0n) is 21.2. The van der Waals surface area contributed by atoms with E-state index in [0.29, 0.717) is 36.0 Å². The number of aromatic nitrogens is 3. The summed E-state index contributed by atoms with van der Waals surface area (Å²) in [6, 6.07) is 1.48. The van der Waals surface area contributed by atoms with E-state index in [0.717, 1.165) is 25.7 Å². The Balaban J connectivity index is 0.00000153. The minimum Gasteiger partial charge on any atom is -0.496 e. The van der Waals surface area contributed by atoms with Crippen LogP contribution in [-0.4, -0.2) is 48.9 Å². The summed E-state index contributed by atoms with van der Waals surface area (Å²) in [6.07, 6.45) is 1.36. The molecule has 1 saturated carbocycles. The largest absolute Gasteiger partial charge is 0.496 e. The van der Waals surface area contributed by atoms with Crippen LogP contribution in [0.1, 0.15) is 62.6 Å². The zero-order chi connectivity index (χ0) is 27.8. The Morgan fingerprint density at radius 3 is 2.46 bits per heavy atom. The van der Waals surface area contributed by atoms with E-state index in [-0.39, 0.29) is 28.7 Å². The molecule has 1 atom stereocenters. The maximum absolute atomic E-state index is 13.0. The number of carbonyl (C=O) groups is 1. The van der Waals surface area contributed by atoms with Crippen molar-refractivity contribution in [3.05, 3.63) is 28.7 Å². The molecule has 1 aliphatic carbocycles. The number of halogens is 4. The van der Waals surface area contributed by atoms with E-state index in [2.05, 4.69) is 22.3 Å². The van der Waals surface area contributed by atoms with Crippen LogP contribution in [0.25, 0.3) is 11.3 Å². The molecule has 0 radical (unpaired) electrons. The Hall–Kier alpha value is -2.47. The number of pyridine rings is 1. The third-order valence-electron chi connectivity index (χ3n) is 6.57. The van der Waals surface area contributed by atoms with Crippen LogP contribution < -0.4 is 10.1 Å². The molecule has 0 aromatic carbocycles. The van der Waals surface area contributed by atoms with Crippen LogP contribution in [0.15, 0.2) is 12.3 Å². The number of carbonyl (C=O) groups excluding carboxylic acids is 1. The number of alkyl halides is 3. The van der Waals surface area contributed by atoms with Gasteiger partial charge in [-0.1, -0.05) is 38.3 Å². The lowest BCUT2D eigenvalue weighted by molar-refractivity contribution is -0.169. The van der Waals surface area contributed by atoms with Gasteiger partial charge in [0.25, 0.3) is 5.91 Å². The minimum atomic E-state index is -4.31. The molecule has 0 bridgehead atoms. The Bertz CT molecular complexity index is 1100. The average Bonchev–Trinajstić information content (AvgIpc) is 3.19. The van der Waals surface area contributed by atoms with Crippen LogP contribution in [0.3, 0.4) is 0 Å². The van der Waals surface area contributed by atoms with E-state index in [4.69, 9.17) is 24.8 Å². The maximum atomic E-state index is 13.0. The van der Waals surface area contributed by atoms with Crippen LogP contribution in [0, 0.1) is 17.8 Å². The number of nitrogens with one attached hydrogen (secondary N) is 1. The number of methoxy groups -OCH3 is 1. The van der Waals surface area contributed by atoms with E-state index < -0.39 is 23.7 Å². The number of hydrogen-bond donors (Lipinski definition) is 1. The van der Waals surface area contributed by atoms with Gasteiger partial charge in [0.15, 0.2) is 5.69 Å². The zero-order valence-corrected chi connectivity index (χ0v) is 22.8. The summed E-state index contributed by atoms with van der Waals surface area (Å²) in [5.41, 5.74) is 1.27. The van der Waals surface area contributed by atoms with E-state index >= 15 is 0 Å². The lowest BCUT2D eigenvalue weighted by atomic mass is 9.83. The molecule has 2 aromatic heterocycles. The first-order valence-corrected chi connectivity index (χ1v) is 13.1. The van der Waals surface area contributed by atoms with Gasteiger partial charge in [-0.25, -0.2) is 0 Å². The molecule has 0 aliphatic heterocycles. The molecule has 1 amide bonds. The number of amides is 1. The molecule has 1 fully saturated rings. The standard InChI is InChI=1S/C24H32ClF3N4O2.O2S/c1-5-32-22(18-13-29-17(11-19(18)34-4)10-15(3)24(26,27)28)20(25)21(31-32)23(33)30-12-16-8-6-14(2)7-9-16;1-3-2/h11,13-16H,5-10,12H2,1-4H3,(H,30,33);/t14?,15-,16?;/m1./s1. The van der Waals surface area contributed by atoms with Crippen molar-refractivity contribution in [1.82, 2.24) is 20.1 Å². The van der Waals surface area contributed by atoms with Crippen molar-refractivity contribution in [3.63, 3.8) is 0 Å². The van der Waals surface area contributed by atoms with Gasteiger partial charge in [-0.3, -0.25) is 14.5 Å². The van der Waals surface area contributed by atoms with Crippen molar-refractivity contribution in [2.24, 2.45) is 17.8 Å². The molecule has 8 nitrogen and oxygen atoms in total. The summed E-state index contributed by atoms with van der Waals surface area (Å²) in [4.78, 5) is 17.1. The van der Waals surface area contributed by atoms with E-state index in [9.17, 15) is 18.0 Å². The summed E-state index contributed by atoms with van der Waals surface area (Å²) in [6.45, 7) is 6.23. The highest BCUT2D eigenvalue weighted by atomic mass is 35.5. The Morgan fingerprint density at radius 2 is 1.92 bits per heavy atom. The molecule has 2 aromatic rings. The summed E-state index contributed by atoms with van der Waals surface area (Å²) in [5, 5.41) is 7.52. The molecule has 0 saturated heterocycles. The van der Waals surface area contributed by atoms with Crippen LogP contribution in [-0.2, 0) is 24.5 Å². The van der Waals surface area contributed by atoms with E-state index in [1.165, 1.54) is 32.2 Å². The highest BCUT2D eigenvalue weighted by Crippen LogP contribution is 2.38. The number of nitrogens with zero attached hydrogens (tertiary/aromatic N) is 3. The molecule has 1 aliphatic rings. The Kier molecular flexibility index (Phi) is 11.5. The second-order valence-electron chi connectivity index (χ2n) is 9.25. The molecule has 206 valence electrons. The van der Waals surface area contributed by atoms with Crippen LogP contribution in [0.2, 0.25) is 5.02 Å². The second kappa shape index (κ2) is 13.9. The van der Waals surface area contributed by atoms with Gasteiger partial charge in [0, 0.05) is 37.5 Å². The fraction of sp³-hybridized carbons (Fsp3) is 0.625. The molecule has 2 heterocycles. The van der Waals surface area contributed by atoms with Crippen molar-refractivity contribution in [3.8, 4) is 17.0 Å². The van der Waals surface area contributed by atoms with Crippen LogP contribution in [0.4, 0.5) is 13.2 Å². The molecule has 1 N–H and O–H groups in total. The van der Waals surface area contributed by atoms with E-state index in [1.54, 1.807) is 4.68 Å². The van der Waals surface area contributed by atoms with Gasteiger partial charge in [-0.05, 0) is 31.6 Å². The Labute approximate surface area is 222 Å². The van der Waals surface area contributed by atoms with Crippen LogP contribution >= 0.6 is 11.6 Å². The van der Waals surface area contributed by atoms with Crippen LogP contribution in [0.5, 0.6) is 5.75 Å². The Morgan fingerprint density at radius 1 is 1.30 bits per heavy atom. The normalized spacial score (nSPS) is 18.4. The molecule has 0 unspecified atom stereocenters. The second-order valence-corrected chi connectivity index (χ2v) is 9.77. The van der Waals surface area contributed by atoms with Gasteiger partial charge in [0.05, 0.1) is 29.3 Å². The minimum absolute atomic E-state index is 0.111. The topological polar surface area (TPSA) is 103 Å². The monoisotopic (exact) mass is 564 g/mol. The lowest BCUT2D eigenvalue weighted by Gasteiger charge is -2.26. The number of rotatable bonds is 8. The van der Waals surface area contributed by atoms with Crippen molar-refractivity contribution in [1.29, 1.82) is 0 Å². The molecule has 37 heavy (non-hydrogen) atoms. The lowest BCUT2D eigenvalue weighted by Crippen LogP contribution is -2.31. The van der Waals surface area contributed by atoms with Crippen molar-refractivity contribution >= 4 is 29.1 Å². The SMILES string of the molecule is CCn1nc(C(=O)NCC2CCC(C)CC2)c(Cl)c1-c1cnc(C[C@@H](C)C(F)(F)F)cc1OC.O=S=O. The van der Waals surface area contributed by atoms with Crippen molar-refractivity contribution in [2.45, 2.75) is 65.6 Å². The summed E-state index contributed by atoms with van der Waals surface area (Å²) in [7, 11) is 1.43. The van der Waals surface area contributed by atoms with Gasteiger partial charge >= 0.3 is 17.7 Å². The third kappa shape index (κ3) is 8.26. The first kappa shape index (κ1) is 30.8. The fourth-order valence-corrected chi connectivity index (χ4v) is 4.61. The molecule has 0 spiro atoms. The summed E-state index contributed by atoms with van der Waals surface area (Å²) < 4.78 is 62.5. The molecule has 13 heteroatoms. The van der Waals surface area contributed by atoms with Crippen molar-refractivity contribution < 1.29 is 31.1 Å². The first-order chi connectivity index (χ1) is 17.5. The molecular formula is C24H32ClF3N4O4S. The van der Waals surface area contributed by atoms with Gasteiger partial charge in [0.2, 0.25) is 0 Å². The van der Waals surface area contributed by atoms with E-state index in [1.807, 2.05) is 6.92 Å². The molecular weight excluding hydrogens is 533 g/mol. The number of ether oxygens (including phenoxy) is 1. The maximum Gasteiger partial charge on any atom is 0.391 e. The number of aryl methyl sites for hydroxylation is 1. The van der Waals surface area contributed by atoms with Crippen molar-refractivity contribution in [2.75, 3.05) is 13.7 Å². The third-order valence-corrected chi connectivity index (χ3v) is 6.93. The van der Waals surface area contributed by atoms with Gasteiger partial charge in [-0.2, -0.15) is 26.7 Å². The highest BCUT2D eigenvalue weighted by Gasteiger charge is 2.36. The first-order valence-electron chi connectivity index (χ1n) is 12.0. The molecule has 3 rings (SSSR count).